The van der Waals surface area contributed by atoms with Gasteiger partial charge >= 0.3 is 5.97 Å². The molecular weight excluding hydrogens is 178 g/mol. The predicted molar refractivity (Wildman–Crippen MR) is 56.1 cm³/mol. The SMILES string of the molecule is CCOC(=O)C1(NC)CCC(C)CC1. The Bertz CT molecular complexity index is 195. The number of esters is 1. The Labute approximate surface area is 86.2 Å². The summed E-state index contributed by atoms with van der Waals surface area (Å²) in [5.41, 5.74) is -0.400. The molecule has 1 aliphatic rings. The maximum Gasteiger partial charge on any atom is 0.326 e. The van der Waals surface area contributed by atoms with Crippen LogP contribution >= 0.6 is 0 Å². The molecule has 1 rings (SSSR count). The molecule has 0 saturated heterocycles. The molecule has 0 unspecified atom stereocenters. The number of hydrogen-bond donors (Lipinski definition) is 1. The zero-order valence-corrected chi connectivity index (χ0v) is 9.43. The maximum absolute atomic E-state index is 11.8. The van der Waals surface area contributed by atoms with Gasteiger partial charge in [-0.1, -0.05) is 6.92 Å². The lowest BCUT2D eigenvalue weighted by molar-refractivity contribution is -0.152. The van der Waals surface area contributed by atoms with Gasteiger partial charge in [0, 0.05) is 0 Å². The minimum atomic E-state index is -0.400. The average Bonchev–Trinajstić information content (AvgIpc) is 2.20. The normalized spacial score (nSPS) is 32.6. The van der Waals surface area contributed by atoms with Crippen molar-refractivity contribution in [2.24, 2.45) is 5.92 Å². The Balaban J connectivity index is 2.62. The van der Waals surface area contributed by atoms with E-state index in [-0.39, 0.29) is 5.97 Å². The van der Waals surface area contributed by atoms with Gasteiger partial charge in [0.1, 0.15) is 5.54 Å². The van der Waals surface area contributed by atoms with Gasteiger partial charge in [0.25, 0.3) is 0 Å². The summed E-state index contributed by atoms with van der Waals surface area (Å²) in [5.74, 6) is 0.667. The molecule has 0 radical (unpaired) electrons. The minimum Gasteiger partial charge on any atom is -0.465 e. The van der Waals surface area contributed by atoms with E-state index < -0.39 is 5.54 Å². The molecule has 0 aromatic carbocycles. The van der Waals surface area contributed by atoms with E-state index in [9.17, 15) is 4.79 Å². The van der Waals surface area contributed by atoms with Crippen molar-refractivity contribution in [2.75, 3.05) is 13.7 Å². The van der Waals surface area contributed by atoms with Crippen molar-refractivity contribution in [1.82, 2.24) is 5.32 Å². The van der Waals surface area contributed by atoms with Gasteiger partial charge in [0.15, 0.2) is 0 Å². The minimum absolute atomic E-state index is 0.0746. The summed E-state index contributed by atoms with van der Waals surface area (Å²) in [6.07, 6.45) is 4.03. The fourth-order valence-corrected chi connectivity index (χ4v) is 2.08. The Kier molecular flexibility index (Phi) is 3.93. The Morgan fingerprint density at radius 3 is 2.50 bits per heavy atom. The summed E-state index contributed by atoms with van der Waals surface area (Å²) in [4.78, 5) is 11.8. The van der Waals surface area contributed by atoms with Gasteiger partial charge in [-0.2, -0.15) is 0 Å². The molecule has 0 aliphatic heterocycles. The van der Waals surface area contributed by atoms with E-state index in [2.05, 4.69) is 12.2 Å². The summed E-state index contributed by atoms with van der Waals surface area (Å²) in [6.45, 7) is 4.56. The number of likely N-dealkylation sites (N-methyl/N-ethyl adjacent to an activating group) is 1. The van der Waals surface area contributed by atoms with Crippen LogP contribution in [0.4, 0.5) is 0 Å². The van der Waals surface area contributed by atoms with Crippen LogP contribution in [0.1, 0.15) is 39.5 Å². The molecule has 0 aromatic heterocycles. The number of ether oxygens (including phenoxy) is 1. The summed E-state index contributed by atoms with van der Waals surface area (Å²) in [7, 11) is 1.85. The van der Waals surface area contributed by atoms with Crippen molar-refractivity contribution in [3.8, 4) is 0 Å². The molecule has 0 spiro atoms. The Hall–Kier alpha value is -0.570. The van der Waals surface area contributed by atoms with E-state index in [0.717, 1.165) is 31.6 Å². The largest absolute Gasteiger partial charge is 0.465 e. The Morgan fingerprint density at radius 2 is 2.07 bits per heavy atom. The van der Waals surface area contributed by atoms with E-state index >= 15 is 0 Å². The molecule has 1 fully saturated rings. The highest BCUT2D eigenvalue weighted by atomic mass is 16.5. The molecule has 1 saturated carbocycles. The van der Waals surface area contributed by atoms with Crippen LogP contribution in [-0.4, -0.2) is 25.2 Å². The van der Waals surface area contributed by atoms with Crippen molar-refractivity contribution < 1.29 is 9.53 Å². The van der Waals surface area contributed by atoms with E-state index in [1.165, 1.54) is 0 Å². The van der Waals surface area contributed by atoms with E-state index in [0.29, 0.717) is 6.61 Å². The van der Waals surface area contributed by atoms with Crippen LogP contribution < -0.4 is 5.32 Å². The zero-order chi connectivity index (χ0) is 10.6. The van der Waals surface area contributed by atoms with Crippen LogP contribution in [0.2, 0.25) is 0 Å². The first-order valence-electron chi connectivity index (χ1n) is 5.50. The number of rotatable bonds is 3. The van der Waals surface area contributed by atoms with E-state index in [1.807, 2.05) is 14.0 Å². The van der Waals surface area contributed by atoms with Crippen molar-refractivity contribution >= 4 is 5.97 Å². The standard InChI is InChI=1S/C11H21NO2/c1-4-14-10(13)11(12-3)7-5-9(2)6-8-11/h9,12H,4-8H2,1-3H3. The van der Waals surface area contributed by atoms with Gasteiger partial charge in [-0.25, -0.2) is 0 Å². The predicted octanol–water partition coefficient (Wildman–Crippen LogP) is 1.72. The van der Waals surface area contributed by atoms with Gasteiger partial charge in [-0.3, -0.25) is 4.79 Å². The fraction of sp³-hybridized carbons (Fsp3) is 0.909. The molecule has 1 aliphatic carbocycles. The molecule has 82 valence electrons. The Morgan fingerprint density at radius 1 is 1.50 bits per heavy atom. The molecule has 0 heterocycles. The summed E-state index contributed by atoms with van der Waals surface area (Å²) >= 11 is 0. The van der Waals surface area contributed by atoms with E-state index in [1.54, 1.807) is 0 Å². The smallest absolute Gasteiger partial charge is 0.326 e. The van der Waals surface area contributed by atoms with Crippen LogP contribution in [0.5, 0.6) is 0 Å². The molecule has 0 aromatic rings. The summed E-state index contributed by atoms with van der Waals surface area (Å²) in [5, 5.41) is 3.15. The zero-order valence-electron chi connectivity index (χ0n) is 9.43. The number of nitrogens with one attached hydrogen (secondary N) is 1. The van der Waals surface area contributed by atoms with Crippen molar-refractivity contribution in [2.45, 2.75) is 45.1 Å². The number of carbonyl (C=O) groups is 1. The molecular formula is C11H21NO2. The van der Waals surface area contributed by atoms with E-state index in [4.69, 9.17) is 4.74 Å². The fourth-order valence-electron chi connectivity index (χ4n) is 2.08. The highest BCUT2D eigenvalue weighted by Crippen LogP contribution is 2.32. The van der Waals surface area contributed by atoms with Gasteiger partial charge in [-0.05, 0) is 45.6 Å². The topological polar surface area (TPSA) is 38.3 Å². The summed E-state index contributed by atoms with van der Waals surface area (Å²) in [6, 6.07) is 0. The van der Waals surface area contributed by atoms with Crippen LogP contribution in [0.15, 0.2) is 0 Å². The number of hydrogen-bond acceptors (Lipinski definition) is 3. The molecule has 3 nitrogen and oxygen atoms in total. The molecule has 0 atom stereocenters. The first-order chi connectivity index (χ1) is 6.64. The number of carbonyl (C=O) groups excluding carboxylic acids is 1. The summed E-state index contributed by atoms with van der Waals surface area (Å²) < 4.78 is 5.11. The second-order valence-electron chi connectivity index (χ2n) is 4.24. The van der Waals surface area contributed by atoms with Gasteiger partial charge in [-0.15, -0.1) is 0 Å². The molecule has 0 amide bonds. The lowest BCUT2D eigenvalue weighted by Gasteiger charge is -2.36. The van der Waals surface area contributed by atoms with Crippen molar-refractivity contribution in [3.63, 3.8) is 0 Å². The first kappa shape index (κ1) is 11.5. The third-order valence-corrected chi connectivity index (χ3v) is 3.27. The lowest BCUT2D eigenvalue weighted by Crippen LogP contribution is -2.53. The monoisotopic (exact) mass is 199 g/mol. The molecule has 0 bridgehead atoms. The van der Waals surface area contributed by atoms with Crippen molar-refractivity contribution in [1.29, 1.82) is 0 Å². The van der Waals surface area contributed by atoms with Crippen LogP contribution in [0.3, 0.4) is 0 Å². The molecule has 1 N–H and O–H groups in total. The van der Waals surface area contributed by atoms with Crippen LogP contribution in [-0.2, 0) is 9.53 Å². The second kappa shape index (κ2) is 4.78. The van der Waals surface area contributed by atoms with Crippen molar-refractivity contribution in [3.05, 3.63) is 0 Å². The maximum atomic E-state index is 11.8. The highest BCUT2D eigenvalue weighted by Gasteiger charge is 2.40. The van der Waals surface area contributed by atoms with Gasteiger partial charge in [0.05, 0.1) is 6.61 Å². The third-order valence-electron chi connectivity index (χ3n) is 3.27. The highest BCUT2D eigenvalue weighted by molar-refractivity contribution is 5.81. The third kappa shape index (κ3) is 2.27. The van der Waals surface area contributed by atoms with Crippen LogP contribution in [0.25, 0.3) is 0 Å². The quantitative estimate of drug-likeness (QED) is 0.703. The van der Waals surface area contributed by atoms with Crippen LogP contribution in [0, 0.1) is 5.92 Å². The molecule has 14 heavy (non-hydrogen) atoms. The first-order valence-corrected chi connectivity index (χ1v) is 5.50. The lowest BCUT2D eigenvalue weighted by atomic mass is 9.77. The molecule has 3 heteroatoms. The van der Waals surface area contributed by atoms with Gasteiger partial charge < -0.3 is 10.1 Å². The average molecular weight is 199 g/mol. The second-order valence-corrected chi connectivity index (χ2v) is 4.24. The van der Waals surface area contributed by atoms with Gasteiger partial charge in [0.2, 0.25) is 0 Å².